The number of nitrogens with zero attached hydrogens (tertiary/aromatic N) is 2. The molecule has 2 amide bonds. The number of carboxylic acid groups (broad SMARTS) is 1. The highest BCUT2D eigenvalue weighted by Crippen LogP contribution is 2.24. The van der Waals surface area contributed by atoms with E-state index in [0.29, 0.717) is 26.1 Å². The molecule has 0 saturated carbocycles. The molecule has 2 aliphatic heterocycles. The number of rotatable bonds is 4. The summed E-state index contributed by atoms with van der Waals surface area (Å²) in [7, 11) is 0. The van der Waals surface area contributed by atoms with E-state index in [4.69, 9.17) is 5.11 Å². The van der Waals surface area contributed by atoms with Gasteiger partial charge < -0.3 is 14.9 Å². The molecule has 1 N–H and O–H groups in total. The van der Waals surface area contributed by atoms with Crippen LogP contribution in [0, 0.1) is 17.8 Å². The molecule has 2 fully saturated rings. The molecule has 2 saturated heterocycles. The molecule has 0 spiro atoms. The van der Waals surface area contributed by atoms with E-state index in [-0.39, 0.29) is 23.7 Å². The zero-order valence-electron chi connectivity index (χ0n) is 14.2. The minimum Gasteiger partial charge on any atom is -0.481 e. The van der Waals surface area contributed by atoms with E-state index >= 15 is 0 Å². The van der Waals surface area contributed by atoms with Crippen molar-refractivity contribution in [1.82, 2.24) is 9.80 Å². The first-order chi connectivity index (χ1) is 10.9. The first-order valence-corrected chi connectivity index (χ1v) is 8.74. The molecular weight excluding hydrogens is 296 g/mol. The van der Waals surface area contributed by atoms with Gasteiger partial charge in [-0.25, -0.2) is 0 Å². The summed E-state index contributed by atoms with van der Waals surface area (Å²) in [6.07, 6.45) is 3.82. The van der Waals surface area contributed by atoms with Crippen LogP contribution in [0.15, 0.2) is 0 Å². The van der Waals surface area contributed by atoms with Crippen LogP contribution in [0.2, 0.25) is 0 Å². The number of carboxylic acids is 1. The number of hydrogen-bond donors (Lipinski definition) is 1. The Kier molecular flexibility index (Phi) is 6.02. The van der Waals surface area contributed by atoms with Crippen LogP contribution in [0.5, 0.6) is 0 Å². The Hall–Kier alpha value is -1.59. The Morgan fingerprint density at radius 3 is 2.22 bits per heavy atom. The lowest BCUT2D eigenvalue weighted by Crippen LogP contribution is -2.50. The maximum absolute atomic E-state index is 12.7. The Labute approximate surface area is 137 Å². The molecule has 2 unspecified atom stereocenters. The van der Waals surface area contributed by atoms with Crippen molar-refractivity contribution in [2.45, 2.75) is 46.0 Å². The van der Waals surface area contributed by atoms with E-state index in [9.17, 15) is 14.4 Å². The lowest BCUT2D eigenvalue weighted by molar-refractivity contribution is -0.148. The number of piperidine rings is 2. The molecule has 0 aromatic carbocycles. The maximum Gasteiger partial charge on any atom is 0.308 e. The van der Waals surface area contributed by atoms with Crippen molar-refractivity contribution in [3.8, 4) is 0 Å². The van der Waals surface area contributed by atoms with Gasteiger partial charge in [0.1, 0.15) is 0 Å². The number of carbonyl (C=O) groups is 3. The van der Waals surface area contributed by atoms with Crippen molar-refractivity contribution in [3.63, 3.8) is 0 Å². The highest BCUT2D eigenvalue weighted by Gasteiger charge is 2.35. The van der Waals surface area contributed by atoms with E-state index < -0.39 is 11.9 Å². The van der Waals surface area contributed by atoms with Gasteiger partial charge in [-0.2, -0.15) is 0 Å². The summed E-state index contributed by atoms with van der Waals surface area (Å²) in [6, 6.07) is 0. The predicted molar refractivity (Wildman–Crippen MR) is 85.7 cm³/mol. The van der Waals surface area contributed by atoms with Crippen LogP contribution in [0.25, 0.3) is 0 Å². The van der Waals surface area contributed by atoms with Crippen LogP contribution >= 0.6 is 0 Å². The molecule has 6 heteroatoms. The van der Waals surface area contributed by atoms with Crippen LogP contribution < -0.4 is 0 Å². The van der Waals surface area contributed by atoms with Crippen LogP contribution in [0.3, 0.4) is 0 Å². The smallest absolute Gasteiger partial charge is 0.308 e. The van der Waals surface area contributed by atoms with Gasteiger partial charge in [-0.3, -0.25) is 14.4 Å². The van der Waals surface area contributed by atoms with Crippen LogP contribution in [0.1, 0.15) is 46.0 Å². The average molecular weight is 324 g/mol. The largest absolute Gasteiger partial charge is 0.481 e. The second-order valence-electron chi connectivity index (χ2n) is 6.89. The number of carbonyl (C=O) groups excluding carboxylic acids is 2. The average Bonchev–Trinajstić information content (AvgIpc) is 2.59. The van der Waals surface area contributed by atoms with Crippen LogP contribution in [0.4, 0.5) is 0 Å². The zero-order valence-corrected chi connectivity index (χ0v) is 14.2. The van der Waals surface area contributed by atoms with Crippen molar-refractivity contribution in [2.75, 3.05) is 26.2 Å². The number of aliphatic carboxylic acids is 1. The van der Waals surface area contributed by atoms with E-state index in [2.05, 4.69) is 0 Å². The van der Waals surface area contributed by atoms with E-state index in [1.54, 1.807) is 4.90 Å². The minimum atomic E-state index is -0.820. The second kappa shape index (κ2) is 7.79. The molecule has 6 nitrogen and oxygen atoms in total. The first kappa shape index (κ1) is 17.8. The highest BCUT2D eigenvalue weighted by molar-refractivity contribution is 5.83. The molecule has 0 radical (unpaired) electrons. The van der Waals surface area contributed by atoms with Gasteiger partial charge in [-0.15, -0.1) is 0 Å². The van der Waals surface area contributed by atoms with E-state index in [1.165, 1.54) is 0 Å². The van der Waals surface area contributed by atoms with Gasteiger partial charge >= 0.3 is 5.97 Å². The summed E-state index contributed by atoms with van der Waals surface area (Å²) in [5, 5.41) is 9.16. The minimum absolute atomic E-state index is 0.00442. The third kappa shape index (κ3) is 4.24. The summed E-state index contributed by atoms with van der Waals surface area (Å²) in [5.74, 6) is -1.29. The third-order valence-electron chi connectivity index (χ3n) is 5.20. The van der Waals surface area contributed by atoms with Crippen molar-refractivity contribution in [2.24, 2.45) is 17.8 Å². The number of likely N-dealkylation sites (tertiary alicyclic amines) is 2. The SMILES string of the molecule is CCC(C)C(=O)N1CCCC(C(=O)N2CCC[C@H](C(=O)O)C2)C1. The summed E-state index contributed by atoms with van der Waals surface area (Å²) in [6.45, 7) is 6.08. The van der Waals surface area contributed by atoms with Gasteiger partial charge in [0.25, 0.3) is 0 Å². The third-order valence-corrected chi connectivity index (χ3v) is 5.20. The van der Waals surface area contributed by atoms with Gasteiger partial charge in [0.05, 0.1) is 11.8 Å². The van der Waals surface area contributed by atoms with E-state index in [0.717, 1.165) is 32.2 Å². The van der Waals surface area contributed by atoms with Gasteiger partial charge in [-0.1, -0.05) is 13.8 Å². The Bertz CT molecular complexity index is 466. The molecule has 0 aliphatic carbocycles. The van der Waals surface area contributed by atoms with Gasteiger partial charge in [0.2, 0.25) is 11.8 Å². The van der Waals surface area contributed by atoms with Crippen LogP contribution in [-0.4, -0.2) is 58.9 Å². The Balaban J connectivity index is 1.96. The molecule has 130 valence electrons. The molecule has 23 heavy (non-hydrogen) atoms. The molecule has 2 aliphatic rings. The van der Waals surface area contributed by atoms with E-state index in [1.807, 2.05) is 18.7 Å². The summed E-state index contributed by atoms with van der Waals surface area (Å²) < 4.78 is 0. The molecular formula is C17H28N2O4. The highest BCUT2D eigenvalue weighted by atomic mass is 16.4. The van der Waals surface area contributed by atoms with Gasteiger partial charge in [-0.05, 0) is 32.1 Å². The fourth-order valence-electron chi connectivity index (χ4n) is 3.50. The van der Waals surface area contributed by atoms with Crippen LogP contribution in [-0.2, 0) is 14.4 Å². The van der Waals surface area contributed by atoms with Crippen molar-refractivity contribution in [1.29, 1.82) is 0 Å². The lowest BCUT2D eigenvalue weighted by Gasteiger charge is -2.38. The Morgan fingerprint density at radius 1 is 1.04 bits per heavy atom. The number of hydrogen-bond acceptors (Lipinski definition) is 3. The lowest BCUT2D eigenvalue weighted by atomic mass is 9.92. The van der Waals surface area contributed by atoms with Crippen molar-refractivity contribution < 1.29 is 19.5 Å². The number of amides is 2. The van der Waals surface area contributed by atoms with Gasteiger partial charge in [0, 0.05) is 32.1 Å². The molecule has 3 atom stereocenters. The molecule has 0 aromatic rings. The molecule has 2 heterocycles. The monoisotopic (exact) mass is 324 g/mol. The summed E-state index contributed by atoms with van der Waals surface area (Å²) >= 11 is 0. The molecule has 0 bridgehead atoms. The predicted octanol–water partition coefficient (Wildman–Crippen LogP) is 1.59. The fraction of sp³-hybridized carbons (Fsp3) is 0.824. The zero-order chi connectivity index (χ0) is 17.0. The van der Waals surface area contributed by atoms with Gasteiger partial charge in [0.15, 0.2) is 0 Å². The molecule has 2 rings (SSSR count). The topological polar surface area (TPSA) is 77.9 Å². The summed E-state index contributed by atoms with van der Waals surface area (Å²) in [4.78, 5) is 39.7. The molecule has 0 aromatic heterocycles. The second-order valence-corrected chi connectivity index (χ2v) is 6.89. The normalized spacial score (nSPS) is 26.7. The quantitative estimate of drug-likeness (QED) is 0.852. The fourth-order valence-corrected chi connectivity index (χ4v) is 3.50. The standard InChI is InChI=1S/C17H28N2O4/c1-3-12(2)15(20)18-8-4-6-13(10-18)16(21)19-9-5-7-14(11-19)17(22)23/h12-14H,3-11H2,1-2H3,(H,22,23)/t12?,13?,14-/m0/s1. The maximum atomic E-state index is 12.7. The Morgan fingerprint density at radius 2 is 1.61 bits per heavy atom. The summed E-state index contributed by atoms with van der Waals surface area (Å²) in [5.41, 5.74) is 0. The van der Waals surface area contributed by atoms with Crippen molar-refractivity contribution in [3.05, 3.63) is 0 Å². The van der Waals surface area contributed by atoms with Crippen molar-refractivity contribution >= 4 is 17.8 Å². The first-order valence-electron chi connectivity index (χ1n) is 8.74.